The standard InChI is InChI=1S/C63H94O6/c1-4-7-10-13-16-19-22-25-28-30-32-34-35-38-41-44-47-50-53-56-62(65)68-59-60(58-67-61(64)55-52-49-46-43-40-37-27-24-21-18-15-12-9-6-3)69-63(66)57-54-51-48-45-42-39-36-33-31-29-26-23-20-17-14-11-8-5-2/h7,9-12,14,16-21,23,25-29,31-34,36-38,41,47,50,60H,4-6,8,13,15,22,24,30,35,39-40,42-46,48-49,51-59H2,1-3H3/b10-7-,12-9-,14-11-,19-16-,20-17-,21-18-,26-23-,28-25-,31-29-,34-32-,36-33-,37-27-,41-38-,50-47-. The average Bonchev–Trinajstić information content (AvgIpc) is 3.35. The molecular weight excluding hydrogens is 853 g/mol. The molecule has 69 heavy (non-hydrogen) atoms. The highest BCUT2D eigenvalue weighted by Gasteiger charge is 2.19. The van der Waals surface area contributed by atoms with Gasteiger partial charge in [0, 0.05) is 19.3 Å². The maximum absolute atomic E-state index is 12.8. The van der Waals surface area contributed by atoms with E-state index in [2.05, 4.69) is 142 Å². The number of rotatable bonds is 45. The third kappa shape index (κ3) is 53.6. The SMILES string of the molecule is CC/C=C\C/C=C\C/C=C\C/C=C\C/C=C\C/C=C\CCC(=O)OCC(COC(=O)CCCCCC/C=C\C/C=C\C/C=C\CC)OC(=O)CCCCCCC\C=C/C=C\C=C/C=C\C=C/CCC. The smallest absolute Gasteiger partial charge is 0.306 e. The lowest BCUT2D eigenvalue weighted by atomic mass is 10.1. The molecule has 0 N–H and O–H groups in total. The van der Waals surface area contributed by atoms with E-state index in [0.29, 0.717) is 19.3 Å². The van der Waals surface area contributed by atoms with E-state index in [4.69, 9.17) is 14.2 Å². The topological polar surface area (TPSA) is 78.9 Å². The third-order valence-corrected chi connectivity index (χ3v) is 10.3. The van der Waals surface area contributed by atoms with Crippen molar-refractivity contribution in [1.29, 1.82) is 0 Å². The largest absolute Gasteiger partial charge is 0.462 e. The summed E-state index contributed by atoms with van der Waals surface area (Å²) in [5, 5.41) is 0. The Morgan fingerprint density at radius 2 is 0.652 bits per heavy atom. The van der Waals surface area contributed by atoms with Gasteiger partial charge in [0.2, 0.25) is 0 Å². The monoisotopic (exact) mass is 947 g/mol. The van der Waals surface area contributed by atoms with Crippen molar-refractivity contribution in [2.45, 2.75) is 194 Å². The molecule has 0 saturated heterocycles. The Hall–Kier alpha value is -5.23. The van der Waals surface area contributed by atoms with Gasteiger partial charge in [-0.05, 0) is 109 Å². The van der Waals surface area contributed by atoms with Gasteiger partial charge in [-0.25, -0.2) is 0 Å². The fourth-order valence-electron chi connectivity index (χ4n) is 6.39. The average molecular weight is 947 g/mol. The number of carbonyl (C=O) groups excluding carboxylic acids is 3. The number of esters is 3. The molecule has 6 heteroatoms. The first-order valence-electron chi connectivity index (χ1n) is 26.7. The molecule has 0 aliphatic heterocycles. The maximum Gasteiger partial charge on any atom is 0.306 e. The first-order valence-corrected chi connectivity index (χ1v) is 26.7. The van der Waals surface area contributed by atoms with Crippen LogP contribution in [0.4, 0.5) is 0 Å². The van der Waals surface area contributed by atoms with Gasteiger partial charge in [-0.2, -0.15) is 0 Å². The number of hydrogen-bond acceptors (Lipinski definition) is 6. The Labute approximate surface area is 422 Å². The van der Waals surface area contributed by atoms with Gasteiger partial charge in [-0.15, -0.1) is 0 Å². The van der Waals surface area contributed by atoms with Gasteiger partial charge in [0.05, 0.1) is 0 Å². The van der Waals surface area contributed by atoms with Crippen molar-refractivity contribution in [3.05, 3.63) is 170 Å². The van der Waals surface area contributed by atoms with Crippen LogP contribution in [0, 0.1) is 0 Å². The number of carbonyl (C=O) groups is 3. The number of ether oxygens (including phenoxy) is 3. The predicted octanol–water partition coefficient (Wildman–Crippen LogP) is 18.0. The molecule has 0 amide bonds. The zero-order valence-electron chi connectivity index (χ0n) is 43.5. The summed E-state index contributed by atoms with van der Waals surface area (Å²) in [5.74, 6) is -1.08. The van der Waals surface area contributed by atoms with E-state index in [1.54, 1.807) is 0 Å². The molecule has 0 bridgehead atoms. The van der Waals surface area contributed by atoms with Gasteiger partial charge in [0.25, 0.3) is 0 Å². The summed E-state index contributed by atoms with van der Waals surface area (Å²) in [4.78, 5) is 38.0. The highest BCUT2D eigenvalue weighted by molar-refractivity contribution is 5.71. The lowest BCUT2D eigenvalue weighted by molar-refractivity contribution is -0.166. The second kappa shape index (κ2) is 55.4. The number of hydrogen-bond donors (Lipinski definition) is 0. The fourth-order valence-corrected chi connectivity index (χ4v) is 6.39. The summed E-state index contributed by atoms with van der Waals surface area (Å²) >= 11 is 0. The number of unbranched alkanes of at least 4 members (excludes halogenated alkanes) is 10. The maximum atomic E-state index is 12.8. The van der Waals surface area contributed by atoms with E-state index in [1.165, 1.54) is 6.42 Å². The van der Waals surface area contributed by atoms with Crippen LogP contribution in [0.25, 0.3) is 0 Å². The van der Waals surface area contributed by atoms with Crippen molar-refractivity contribution in [1.82, 2.24) is 0 Å². The minimum absolute atomic E-state index is 0.133. The molecule has 0 rings (SSSR count). The molecule has 0 aromatic heterocycles. The van der Waals surface area contributed by atoms with Crippen LogP contribution in [0.15, 0.2) is 170 Å². The molecule has 1 unspecified atom stereocenters. The van der Waals surface area contributed by atoms with Crippen LogP contribution >= 0.6 is 0 Å². The van der Waals surface area contributed by atoms with E-state index in [1.807, 2.05) is 48.6 Å². The molecule has 0 aromatic rings. The van der Waals surface area contributed by atoms with Crippen molar-refractivity contribution in [2.75, 3.05) is 13.2 Å². The van der Waals surface area contributed by atoms with Gasteiger partial charge in [0.1, 0.15) is 13.2 Å². The highest BCUT2D eigenvalue weighted by Crippen LogP contribution is 2.12. The van der Waals surface area contributed by atoms with Gasteiger partial charge >= 0.3 is 17.9 Å². The van der Waals surface area contributed by atoms with Crippen molar-refractivity contribution < 1.29 is 28.6 Å². The lowest BCUT2D eigenvalue weighted by Crippen LogP contribution is -2.30. The van der Waals surface area contributed by atoms with Gasteiger partial charge in [0.15, 0.2) is 6.10 Å². The summed E-state index contributed by atoms with van der Waals surface area (Å²) in [6.07, 6.45) is 82.0. The normalized spacial score (nSPS) is 13.5. The van der Waals surface area contributed by atoms with Crippen LogP contribution in [-0.4, -0.2) is 37.2 Å². The first kappa shape index (κ1) is 63.8. The molecule has 382 valence electrons. The molecule has 0 fully saturated rings. The highest BCUT2D eigenvalue weighted by atomic mass is 16.6. The Morgan fingerprint density at radius 3 is 1.10 bits per heavy atom. The van der Waals surface area contributed by atoms with Crippen LogP contribution in [0.5, 0.6) is 0 Å². The van der Waals surface area contributed by atoms with E-state index < -0.39 is 6.10 Å². The molecule has 0 aliphatic rings. The molecular formula is C63H94O6. The van der Waals surface area contributed by atoms with Crippen molar-refractivity contribution in [2.24, 2.45) is 0 Å². The second-order valence-electron chi connectivity index (χ2n) is 16.8. The van der Waals surface area contributed by atoms with Crippen molar-refractivity contribution >= 4 is 17.9 Å². The van der Waals surface area contributed by atoms with Crippen molar-refractivity contribution in [3.63, 3.8) is 0 Å². The quantitative estimate of drug-likeness (QED) is 0.0199. The van der Waals surface area contributed by atoms with E-state index >= 15 is 0 Å². The fraction of sp³-hybridized carbons (Fsp3) is 0.508. The molecule has 0 aromatic carbocycles. The molecule has 0 aliphatic carbocycles. The molecule has 0 heterocycles. The van der Waals surface area contributed by atoms with Crippen LogP contribution in [0.1, 0.15) is 188 Å². The van der Waals surface area contributed by atoms with Crippen molar-refractivity contribution in [3.8, 4) is 0 Å². The van der Waals surface area contributed by atoms with Gasteiger partial charge < -0.3 is 14.2 Å². The van der Waals surface area contributed by atoms with Crippen LogP contribution in [0.3, 0.4) is 0 Å². The van der Waals surface area contributed by atoms with E-state index in [0.717, 1.165) is 128 Å². The van der Waals surface area contributed by atoms with Crippen LogP contribution in [0.2, 0.25) is 0 Å². The van der Waals surface area contributed by atoms with Crippen LogP contribution < -0.4 is 0 Å². The second-order valence-corrected chi connectivity index (χ2v) is 16.8. The van der Waals surface area contributed by atoms with Gasteiger partial charge in [-0.3, -0.25) is 14.4 Å². The Balaban J connectivity index is 4.64. The zero-order valence-corrected chi connectivity index (χ0v) is 43.5. The Morgan fingerprint density at radius 1 is 0.319 bits per heavy atom. The minimum atomic E-state index is -0.841. The summed E-state index contributed by atoms with van der Waals surface area (Å²) in [6, 6.07) is 0. The summed E-state index contributed by atoms with van der Waals surface area (Å²) < 4.78 is 16.7. The molecule has 0 radical (unpaired) electrons. The van der Waals surface area contributed by atoms with Crippen LogP contribution in [-0.2, 0) is 28.6 Å². The predicted molar refractivity (Wildman–Crippen MR) is 297 cm³/mol. The molecule has 0 saturated carbocycles. The molecule has 1 atom stereocenters. The zero-order chi connectivity index (χ0) is 50.0. The van der Waals surface area contributed by atoms with Gasteiger partial charge in [-0.1, -0.05) is 229 Å². The Bertz CT molecular complexity index is 1650. The summed E-state index contributed by atoms with van der Waals surface area (Å²) in [7, 11) is 0. The summed E-state index contributed by atoms with van der Waals surface area (Å²) in [6.45, 7) is 6.18. The third-order valence-electron chi connectivity index (χ3n) is 10.3. The molecule has 0 spiro atoms. The molecule has 6 nitrogen and oxygen atoms in total. The number of allylic oxidation sites excluding steroid dienone is 28. The van der Waals surface area contributed by atoms with E-state index in [9.17, 15) is 14.4 Å². The summed E-state index contributed by atoms with van der Waals surface area (Å²) in [5.41, 5.74) is 0. The first-order chi connectivity index (χ1) is 34.0. The van der Waals surface area contributed by atoms with E-state index in [-0.39, 0.29) is 44.0 Å². The lowest BCUT2D eigenvalue weighted by Gasteiger charge is -2.18. The Kier molecular flexibility index (Phi) is 51.2. The minimum Gasteiger partial charge on any atom is -0.462 e.